The first-order valence-electron chi connectivity index (χ1n) is 8.57. The highest BCUT2D eigenvalue weighted by molar-refractivity contribution is 6.04. The van der Waals surface area contributed by atoms with E-state index in [1.807, 2.05) is 55.4 Å². The number of carbonyl (C=O) groups excluding carboxylic acids is 1. The van der Waals surface area contributed by atoms with Crippen LogP contribution in [0.15, 0.2) is 48.5 Å². The number of carbonyl (C=O) groups is 1. The predicted molar refractivity (Wildman–Crippen MR) is 101 cm³/mol. The Morgan fingerprint density at radius 3 is 2.38 bits per heavy atom. The molecule has 0 radical (unpaired) electrons. The van der Waals surface area contributed by atoms with Crippen LogP contribution >= 0.6 is 0 Å². The minimum atomic E-state index is -0.0792. The molecule has 4 nitrogen and oxygen atoms in total. The van der Waals surface area contributed by atoms with Crippen molar-refractivity contribution in [2.75, 3.05) is 42.3 Å². The lowest BCUT2D eigenvalue weighted by Crippen LogP contribution is -2.29. The molecule has 0 atom stereocenters. The number of benzene rings is 2. The maximum atomic E-state index is 12.4. The van der Waals surface area contributed by atoms with E-state index in [4.69, 9.17) is 0 Å². The molecule has 0 aromatic heterocycles. The monoisotopic (exact) mass is 323 g/mol. The molecular formula is C20H25N3O. The molecule has 0 saturated carbocycles. The molecule has 1 fully saturated rings. The van der Waals surface area contributed by atoms with Gasteiger partial charge in [0.05, 0.1) is 0 Å². The van der Waals surface area contributed by atoms with Crippen molar-refractivity contribution in [1.29, 1.82) is 0 Å². The fraction of sp³-hybridized carbons (Fsp3) is 0.350. The molecule has 1 heterocycles. The number of rotatable bonds is 4. The highest BCUT2D eigenvalue weighted by atomic mass is 16.1. The second kappa shape index (κ2) is 7.39. The van der Waals surface area contributed by atoms with E-state index in [-0.39, 0.29) is 5.91 Å². The van der Waals surface area contributed by atoms with Crippen molar-refractivity contribution in [2.24, 2.45) is 0 Å². The Kier molecular flexibility index (Phi) is 5.04. The molecule has 0 unspecified atom stereocenters. The molecule has 3 rings (SSSR count). The van der Waals surface area contributed by atoms with Crippen molar-refractivity contribution in [1.82, 2.24) is 0 Å². The van der Waals surface area contributed by atoms with Gasteiger partial charge in [0, 0.05) is 49.8 Å². The third-order valence-electron chi connectivity index (χ3n) is 4.47. The number of hydrogen-bond acceptors (Lipinski definition) is 3. The normalized spacial score (nSPS) is 14.3. The minimum absolute atomic E-state index is 0.0792. The molecule has 1 aliphatic heterocycles. The maximum absolute atomic E-state index is 12.4. The molecule has 1 saturated heterocycles. The van der Waals surface area contributed by atoms with Gasteiger partial charge in [-0.3, -0.25) is 4.79 Å². The first-order valence-corrected chi connectivity index (χ1v) is 8.57. The highest BCUT2D eigenvalue weighted by Crippen LogP contribution is 2.22. The average molecular weight is 323 g/mol. The van der Waals surface area contributed by atoms with Gasteiger partial charge in [0.25, 0.3) is 5.91 Å². The van der Waals surface area contributed by atoms with Gasteiger partial charge < -0.3 is 15.1 Å². The maximum Gasteiger partial charge on any atom is 0.255 e. The second-order valence-electron chi connectivity index (χ2n) is 6.49. The molecule has 0 spiro atoms. The Labute approximate surface area is 144 Å². The van der Waals surface area contributed by atoms with Gasteiger partial charge in [-0.1, -0.05) is 6.07 Å². The van der Waals surface area contributed by atoms with Crippen LogP contribution < -0.4 is 15.1 Å². The fourth-order valence-electron chi connectivity index (χ4n) is 3.04. The van der Waals surface area contributed by atoms with E-state index in [1.54, 1.807) is 0 Å². The molecule has 1 aliphatic rings. The Balaban J connectivity index is 1.67. The summed E-state index contributed by atoms with van der Waals surface area (Å²) in [5, 5.41) is 2.98. The number of amides is 1. The summed E-state index contributed by atoms with van der Waals surface area (Å²) >= 11 is 0. The van der Waals surface area contributed by atoms with Gasteiger partial charge in [0.15, 0.2) is 0 Å². The van der Waals surface area contributed by atoms with Crippen LogP contribution in [-0.4, -0.2) is 33.1 Å². The first kappa shape index (κ1) is 16.4. The van der Waals surface area contributed by atoms with Crippen LogP contribution in [0, 0.1) is 0 Å². The van der Waals surface area contributed by atoms with Gasteiger partial charge in [-0.25, -0.2) is 0 Å². The topological polar surface area (TPSA) is 35.6 Å². The van der Waals surface area contributed by atoms with Crippen LogP contribution in [0.1, 0.15) is 29.6 Å². The molecule has 24 heavy (non-hydrogen) atoms. The number of piperidine rings is 1. The van der Waals surface area contributed by atoms with Crippen molar-refractivity contribution in [3.63, 3.8) is 0 Å². The van der Waals surface area contributed by atoms with Crippen LogP contribution in [0.5, 0.6) is 0 Å². The predicted octanol–water partition coefficient (Wildman–Crippen LogP) is 4.00. The Morgan fingerprint density at radius 2 is 1.71 bits per heavy atom. The Morgan fingerprint density at radius 1 is 1.00 bits per heavy atom. The molecular weight excluding hydrogens is 298 g/mol. The summed E-state index contributed by atoms with van der Waals surface area (Å²) < 4.78 is 0. The van der Waals surface area contributed by atoms with E-state index in [1.165, 1.54) is 24.9 Å². The van der Waals surface area contributed by atoms with Crippen LogP contribution in [-0.2, 0) is 0 Å². The lowest BCUT2D eigenvalue weighted by atomic mass is 10.1. The van der Waals surface area contributed by atoms with Gasteiger partial charge in [-0.05, 0) is 61.7 Å². The van der Waals surface area contributed by atoms with E-state index in [2.05, 4.69) is 22.3 Å². The summed E-state index contributed by atoms with van der Waals surface area (Å²) in [6, 6.07) is 15.8. The third kappa shape index (κ3) is 3.88. The number of anilines is 3. The molecule has 2 aromatic carbocycles. The molecule has 0 bridgehead atoms. The minimum Gasteiger partial charge on any atom is -0.378 e. The summed E-state index contributed by atoms with van der Waals surface area (Å²) in [7, 11) is 3.94. The SMILES string of the molecule is CN(C)c1cccc(C(=O)Nc2ccc(N3CCCCC3)cc2)c1. The molecule has 1 amide bonds. The Hall–Kier alpha value is -2.49. The van der Waals surface area contributed by atoms with Crippen LogP contribution in [0.3, 0.4) is 0 Å². The summed E-state index contributed by atoms with van der Waals surface area (Å²) in [6.45, 7) is 2.26. The van der Waals surface area contributed by atoms with Crippen molar-refractivity contribution >= 4 is 23.0 Å². The second-order valence-corrected chi connectivity index (χ2v) is 6.49. The summed E-state index contributed by atoms with van der Waals surface area (Å²) in [4.78, 5) is 16.8. The van der Waals surface area contributed by atoms with E-state index in [0.29, 0.717) is 5.56 Å². The van der Waals surface area contributed by atoms with Crippen molar-refractivity contribution in [3.05, 3.63) is 54.1 Å². The van der Waals surface area contributed by atoms with Gasteiger partial charge in [0.2, 0.25) is 0 Å². The summed E-state index contributed by atoms with van der Waals surface area (Å²) in [5.41, 5.74) is 3.75. The van der Waals surface area contributed by atoms with Gasteiger partial charge in [0.1, 0.15) is 0 Å². The van der Waals surface area contributed by atoms with E-state index in [0.717, 1.165) is 24.5 Å². The molecule has 0 aliphatic carbocycles. The van der Waals surface area contributed by atoms with Gasteiger partial charge in [-0.2, -0.15) is 0 Å². The van der Waals surface area contributed by atoms with Crippen molar-refractivity contribution in [2.45, 2.75) is 19.3 Å². The van der Waals surface area contributed by atoms with E-state index >= 15 is 0 Å². The summed E-state index contributed by atoms with van der Waals surface area (Å²) in [6.07, 6.45) is 3.86. The number of nitrogens with zero attached hydrogens (tertiary/aromatic N) is 2. The highest BCUT2D eigenvalue weighted by Gasteiger charge is 2.11. The van der Waals surface area contributed by atoms with Crippen LogP contribution in [0.25, 0.3) is 0 Å². The standard InChI is InChI=1S/C20H25N3O/c1-22(2)19-8-6-7-16(15-19)20(24)21-17-9-11-18(12-10-17)23-13-4-3-5-14-23/h6-12,15H,3-5,13-14H2,1-2H3,(H,21,24). The molecule has 126 valence electrons. The largest absolute Gasteiger partial charge is 0.378 e. The third-order valence-corrected chi connectivity index (χ3v) is 4.47. The lowest BCUT2D eigenvalue weighted by Gasteiger charge is -2.28. The molecule has 1 N–H and O–H groups in total. The number of nitrogens with one attached hydrogen (secondary N) is 1. The average Bonchev–Trinajstić information content (AvgIpc) is 2.63. The van der Waals surface area contributed by atoms with Crippen LogP contribution in [0.2, 0.25) is 0 Å². The molecule has 2 aromatic rings. The zero-order valence-corrected chi connectivity index (χ0v) is 14.5. The van der Waals surface area contributed by atoms with E-state index in [9.17, 15) is 4.79 Å². The first-order chi connectivity index (χ1) is 11.6. The summed E-state index contributed by atoms with van der Waals surface area (Å²) in [5.74, 6) is -0.0792. The quantitative estimate of drug-likeness (QED) is 0.924. The number of hydrogen-bond donors (Lipinski definition) is 1. The van der Waals surface area contributed by atoms with E-state index < -0.39 is 0 Å². The van der Waals surface area contributed by atoms with Crippen LogP contribution in [0.4, 0.5) is 17.1 Å². The van der Waals surface area contributed by atoms with Gasteiger partial charge >= 0.3 is 0 Å². The van der Waals surface area contributed by atoms with Crippen molar-refractivity contribution < 1.29 is 4.79 Å². The zero-order chi connectivity index (χ0) is 16.9. The molecule has 4 heteroatoms. The van der Waals surface area contributed by atoms with Gasteiger partial charge in [-0.15, -0.1) is 0 Å². The smallest absolute Gasteiger partial charge is 0.255 e. The fourth-order valence-corrected chi connectivity index (χ4v) is 3.04. The zero-order valence-electron chi connectivity index (χ0n) is 14.5. The Bertz CT molecular complexity index is 688. The lowest BCUT2D eigenvalue weighted by molar-refractivity contribution is 0.102. The van der Waals surface area contributed by atoms with Crippen molar-refractivity contribution in [3.8, 4) is 0 Å².